The molecule has 1 unspecified atom stereocenters. The quantitative estimate of drug-likeness (QED) is 0.791. The number of para-hydroxylation sites is 1. The molecule has 1 saturated heterocycles. The molecule has 5 heteroatoms. The van der Waals surface area contributed by atoms with Gasteiger partial charge in [-0.1, -0.05) is 18.2 Å². The average Bonchev–Trinajstić information content (AvgIpc) is 2.16. The maximum atomic E-state index is 11.7. The zero-order chi connectivity index (χ0) is 11.5. The predicted molar refractivity (Wildman–Crippen MR) is 58.2 cm³/mol. The number of aliphatic carboxylic acids is 1. The van der Waals surface area contributed by atoms with Gasteiger partial charge in [-0.25, -0.2) is 9.59 Å². The summed E-state index contributed by atoms with van der Waals surface area (Å²) in [6, 6.07) is 7.94. The molecule has 1 aliphatic rings. The number of nitrogens with one attached hydrogen (secondary N) is 1. The number of carbonyl (C=O) groups excluding carboxylic acids is 1. The van der Waals surface area contributed by atoms with Crippen LogP contribution in [0.2, 0.25) is 0 Å². The lowest BCUT2D eigenvalue weighted by Gasteiger charge is -2.37. The summed E-state index contributed by atoms with van der Waals surface area (Å²) in [5.41, 5.74) is 0.670. The molecule has 0 saturated carbocycles. The normalized spacial score (nSPS) is 18.8. The number of anilines is 1. The Balaban J connectivity index is 1.97. The van der Waals surface area contributed by atoms with Crippen molar-refractivity contribution in [2.45, 2.75) is 12.5 Å². The Morgan fingerprint density at radius 2 is 2.00 bits per heavy atom. The van der Waals surface area contributed by atoms with E-state index in [4.69, 9.17) is 5.11 Å². The smallest absolute Gasteiger partial charge is 0.326 e. The first-order valence-electron chi connectivity index (χ1n) is 5.04. The van der Waals surface area contributed by atoms with Crippen LogP contribution in [0.25, 0.3) is 0 Å². The third-order valence-electron chi connectivity index (χ3n) is 2.59. The van der Waals surface area contributed by atoms with E-state index in [0.29, 0.717) is 18.7 Å². The summed E-state index contributed by atoms with van der Waals surface area (Å²) in [7, 11) is 0. The zero-order valence-corrected chi connectivity index (χ0v) is 8.59. The number of urea groups is 1. The fraction of sp³-hybridized carbons (Fsp3) is 0.273. The van der Waals surface area contributed by atoms with E-state index in [1.807, 2.05) is 6.07 Å². The summed E-state index contributed by atoms with van der Waals surface area (Å²) in [4.78, 5) is 23.7. The van der Waals surface area contributed by atoms with Crippen molar-refractivity contribution < 1.29 is 14.7 Å². The van der Waals surface area contributed by atoms with Gasteiger partial charge in [-0.2, -0.15) is 0 Å². The van der Waals surface area contributed by atoms with Gasteiger partial charge in [0.1, 0.15) is 6.04 Å². The van der Waals surface area contributed by atoms with Gasteiger partial charge in [-0.3, -0.25) is 0 Å². The number of rotatable bonds is 2. The Labute approximate surface area is 92.7 Å². The molecular formula is C11H12N2O3. The highest BCUT2D eigenvalue weighted by molar-refractivity contribution is 5.93. The van der Waals surface area contributed by atoms with E-state index in [0.717, 1.165) is 0 Å². The Morgan fingerprint density at radius 1 is 1.31 bits per heavy atom. The topological polar surface area (TPSA) is 69.6 Å². The molecule has 2 rings (SSSR count). The molecule has 0 aromatic heterocycles. The van der Waals surface area contributed by atoms with Crippen molar-refractivity contribution in [2.75, 3.05) is 11.9 Å². The third-order valence-corrected chi connectivity index (χ3v) is 2.59. The SMILES string of the molecule is O=C(O)C1CCN1C(=O)Nc1ccccc1. The monoisotopic (exact) mass is 220 g/mol. The second-order valence-corrected chi connectivity index (χ2v) is 3.63. The molecular weight excluding hydrogens is 208 g/mol. The largest absolute Gasteiger partial charge is 0.480 e. The first kappa shape index (κ1) is 10.5. The van der Waals surface area contributed by atoms with Gasteiger partial charge in [-0.15, -0.1) is 0 Å². The van der Waals surface area contributed by atoms with Gasteiger partial charge in [-0.05, 0) is 18.6 Å². The Bertz CT molecular complexity index is 405. The van der Waals surface area contributed by atoms with E-state index in [1.165, 1.54) is 4.90 Å². The van der Waals surface area contributed by atoms with Crippen LogP contribution in [0.5, 0.6) is 0 Å². The average molecular weight is 220 g/mol. The van der Waals surface area contributed by atoms with E-state index >= 15 is 0 Å². The van der Waals surface area contributed by atoms with Crippen LogP contribution in [0, 0.1) is 0 Å². The van der Waals surface area contributed by atoms with E-state index in [1.54, 1.807) is 24.3 Å². The Kier molecular flexibility index (Phi) is 2.76. The minimum atomic E-state index is -0.950. The summed E-state index contributed by atoms with van der Waals surface area (Å²) in [6.07, 6.45) is 0.525. The molecule has 1 fully saturated rings. The van der Waals surface area contributed by atoms with Crippen molar-refractivity contribution in [1.82, 2.24) is 4.90 Å². The van der Waals surface area contributed by atoms with Crippen LogP contribution in [0.15, 0.2) is 30.3 Å². The number of benzene rings is 1. The number of likely N-dealkylation sites (tertiary alicyclic amines) is 1. The summed E-state index contributed by atoms with van der Waals surface area (Å²) < 4.78 is 0. The second-order valence-electron chi connectivity index (χ2n) is 3.63. The molecule has 1 aliphatic heterocycles. The van der Waals surface area contributed by atoms with Crippen molar-refractivity contribution in [1.29, 1.82) is 0 Å². The van der Waals surface area contributed by atoms with E-state index < -0.39 is 12.0 Å². The molecule has 1 aromatic carbocycles. The minimum absolute atomic E-state index is 0.357. The van der Waals surface area contributed by atoms with E-state index in [9.17, 15) is 9.59 Å². The highest BCUT2D eigenvalue weighted by Crippen LogP contribution is 2.19. The number of nitrogens with zero attached hydrogens (tertiary/aromatic N) is 1. The standard InChI is InChI=1S/C11H12N2O3/c14-10(15)9-6-7-13(9)11(16)12-8-4-2-1-3-5-8/h1-5,9H,6-7H2,(H,12,16)(H,14,15). The van der Waals surface area contributed by atoms with Gasteiger partial charge < -0.3 is 15.3 Å². The van der Waals surface area contributed by atoms with Crippen molar-refractivity contribution in [3.8, 4) is 0 Å². The highest BCUT2D eigenvalue weighted by Gasteiger charge is 2.37. The number of carboxylic acid groups (broad SMARTS) is 1. The first-order chi connectivity index (χ1) is 7.68. The van der Waals surface area contributed by atoms with Crippen LogP contribution in [0.1, 0.15) is 6.42 Å². The van der Waals surface area contributed by atoms with Crippen LogP contribution >= 0.6 is 0 Å². The Hall–Kier alpha value is -2.04. The van der Waals surface area contributed by atoms with E-state index in [2.05, 4.69) is 5.32 Å². The van der Waals surface area contributed by atoms with E-state index in [-0.39, 0.29) is 6.03 Å². The number of carbonyl (C=O) groups is 2. The van der Waals surface area contributed by atoms with Crippen molar-refractivity contribution in [2.24, 2.45) is 0 Å². The second kappa shape index (κ2) is 4.22. The minimum Gasteiger partial charge on any atom is -0.480 e. The molecule has 1 aromatic rings. The fourth-order valence-electron chi connectivity index (χ4n) is 1.60. The van der Waals surface area contributed by atoms with Crippen molar-refractivity contribution in [3.05, 3.63) is 30.3 Å². The number of hydrogen-bond donors (Lipinski definition) is 2. The number of amides is 2. The van der Waals surface area contributed by atoms with Crippen molar-refractivity contribution in [3.63, 3.8) is 0 Å². The van der Waals surface area contributed by atoms with Crippen molar-refractivity contribution >= 4 is 17.7 Å². The molecule has 5 nitrogen and oxygen atoms in total. The van der Waals surface area contributed by atoms with Gasteiger partial charge in [0.05, 0.1) is 0 Å². The number of carboxylic acids is 1. The van der Waals surface area contributed by atoms with Crippen LogP contribution in [0.4, 0.5) is 10.5 Å². The maximum absolute atomic E-state index is 11.7. The molecule has 2 N–H and O–H groups in total. The van der Waals surface area contributed by atoms with Gasteiger partial charge in [0.25, 0.3) is 0 Å². The van der Waals surface area contributed by atoms with Crippen LogP contribution in [-0.4, -0.2) is 34.6 Å². The lowest BCUT2D eigenvalue weighted by Crippen LogP contribution is -2.56. The number of hydrogen-bond acceptors (Lipinski definition) is 2. The van der Waals surface area contributed by atoms with Crippen LogP contribution in [-0.2, 0) is 4.79 Å². The Morgan fingerprint density at radius 3 is 2.50 bits per heavy atom. The molecule has 84 valence electrons. The lowest BCUT2D eigenvalue weighted by molar-refractivity contribution is -0.145. The molecule has 0 bridgehead atoms. The van der Waals surface area contributed by atoms with Crippen LogP contribution in [0.3, 0.4) is 0 Å². The molecule has 0 radical (unpaired) electrons. The molecule has 0 aliphatic carbocycles. The molecule has 1 atom stereocenters. The predicted octanol–water partition coefficient (Wildman–Crippen LogP) is 1.38. The molecule has 16 heavy (non-hydrogen) atoms. The summed E-state index contributed by atoms with van der Waals surface area (Å²) in [5.74, 6) is -0.950. The van der Waals surface area contributed by atoms with Gasteiger partial charge in [0.2, 0.25) is 0 Å². The lowest BCUT2D eigenvalue weighted by atomic mass is 10.0. The molecule has 2 amide bonds. The fourth-order valence-corrected chi connectivity index (χ4v) is 1.60. The van der Waals surface area contributed by atoms with Gasteiger partial charge in [0, 0.05) is 12.2 Å². The van der Waals surface area contributed by atoms with Gasteiger partial charge >= 0.3 is 12.0 Å². The first-order valence-corrected chi connectivity index (χ1v) is 5.04. The molecule has 0 spiro atoms. The zero-order valence-electron chi connectivity index (χ0n) is 8.59. The van der Waals surface area contributed by atoms with Gasteiger partial charge in [0.15, 0.2) is 0 Å². The van der Waals surface area contributed by atoms with Crippen LogP contribution < -0.4 is 5.32 Å². The third kappa shape index (κ3) is 1.98. The maximum Gasteiger partial charge on any atom is 0.326 e. The summed E-state index contributed by atoms with van der Waals surface area (Å²) >= 11 is 0. The highest BCUT2D eigenvalue weighted by atomic mass is 16.4. The molecule has 1 heterocycles. The summed E-state index contributed by atoms with van der Waals surface area (Å²) in [5, 5.41) is 11.4. The summed E-state index contributed by atoms with van der Waals surface area (Å²) in [6.45, 7) is 0.496.